The van der Waals surface area contributed by atoms with Crippen LogP contribution in [0, 0.1) is 0 Å². The first-order valence-electron chi connectivity index (χ1n) is 9.39. The highest BCUT2D eigenvalue weighted by Crippen LogP contribution is 2.29. The van der Waals surface area contributed by atoms with Crippen LogP contribution in [-0.2, 0) is 22.4 Å². The van der Waals surface area contributed by atoms with E-state index in [4.69, 9.17) is 28.3 Å². The maximum atomic E-state index is 11.7. The fraction of sp³-hybridized carbons (Fsp3) is 0.250. The first-order valence-corrected chi connectivity index (χ1v) is 10.3. The van der Waals surface area contributed by atoms with Crippen molar-refractivity contribution in [2.45, 2.75) is 37.4 Å². The molecule has 2 aromatic carbocycles. The number of ketones is 1. The molecule has 2 aromatic rings. The highest BCUT2D eigenvalue weighted by Gasteiger charge is 2.22. The zero-order valence-electron chi connectivity index (χ0n) is 16.4. The van der Waals surface area contributed by atoms with E-state index >= 15 is 0 Å². The van der Waals surface area contributed by atoms with Crippen LogP contribution in [0.4, 0.5) is 0 Å². The summed E-state index contributed by atoms with van der Waals surface area (Å²) < 4.78 is 0. The van der Waals surface area contributed by atoms with Gasteiger partial charge in [0, 0.05) is 5.57 Å². The summed E-state index contributed by atoms with van der Waals surface area (Å²) in [5.74, 6) is -0.951. The number of carboxylic acids is 1. The van der Waals surface area contributed by atoms with Gasteiger partial charge in [0.2, 0.25) is 0 Å². The van der Waals surface area contributed by atoms with Gasteiger partial charge >= 0.3 is 5.97 Å². The maximum absolute atomic E-state index is 11.7. The quantitative estimate of drug-likeness (QED) is 0.627. The van der Waals surface area contributed by atoms with Gasteiger partial charge < -0.3 is 5.11 Å². The highest BCUT2D eigenvalue weighted by molar-refractivity contribution is 6.40. The molecule has 5 heteroatoms. The van der Waals surface area contributed by atoms with Crippen LogP contribution < -0.4 is 0 Å². The number of benzene rings is 2. The smallest absolute Gasteiger partial charge is 0.321 e. The summed E-state index contributed by atoms with van der Waals surface area (Å²) in [5, 5.41) is 6.66. The average Bonchev–Trinajstić information content (AvgIpc) is 3.35. The minimum absolute atomic E-state index is 0.0246. The molecule has 2 atom stereocenters. The number of carbonyl (C=O) groups excluding carboxylic acids is 1. The molecule has 0 fully saturated rings. The summed E-state index contributed by atoms with van der Waals surface area (Å²) in [6, 6.07) is 16.5. The number of aliphatic carboxylic acids is 1. The van der Waals surface area contributed by atoms with Crippen molar-refractivity contribution in [2.75, 3.05) is 0 Å². The number of halogens is 2. The summed E-state index contributed by atoms with van der Waals surface area (Å²) >= 11 is 10.8. The summed E-state index contributed by atoms with van der Waals surface area (Å²) in [6.07, 6.45) is 8.31. The van der Waals surface area contributed by atoms with Gasteiger partial charge in [0.05, 0.1) is 5.38 Å². The summed E-state index contributed by atoms with van der Waals surface area (Å²) in [6.45, 7) is 3.12. The monoisotopic (exact) mass is 430 g/mol. The second-order valence-corrected chi connectivity index (χ2v) is 8.03. The van der Waals surface area contributed by atoms with Crippen LogP contribution in [0.25, 0.3) is 11.6 Å². The van der Waals surface area contributed by atoms with Crippen molar-refractivity contribution in [2.24, 2.45) is 0 Å². The van der Waals surface area contributed by atoms with Crippen molar-refractivity contribution in [3.05, 3.63) is 82.9 Å². The van der Waals surface area contributed by atoms with Gasteiger partial charge in [0.15, 0.2) is 5.78 Å². The Morgan fingerprint density at radius 1 is 0.897 bits per heavy atom. The Morgan fingerprint density at radius 2 is 1.48 bits per heavy atom. The molecule has 0 saturated heterocycles. The number of fused-ring (bicyclic) bond motifs is 2. The van der Waals surface area contributed by atoms with Crippen LogP contribution in [0.2, 0.25) is 0 Å². The summed E-state index contributed by atoms with van der Waals surface area (Å²) in [4.78, 5) is 21.3. The lowest BCUT2D eigenvalue weighted by Gasteiger charge is -2.05. The lowest BCUT2D eigenvalue weighted by atomic mass is 10.0. The van der Waals surface area contributed by atoms with Crippen molar-refractivity contribution in [1.82, 2.24) is 0 Å². The van der Waals surface area contributed by atoms with E-state index in [1.54, 1.807) is 6.92 Å². The Kier molecular flexibility index (Phi) is 8.69. The molecule has 0 heterocycles. The van der Waals surface area contributed by atoms with Crippen LogP contribution in [0.15, 0.2) is 60.7 Å². The molecule has 3 nitrogen and oxygen atoms in total. The molecule has 152 valence electrons. The van der Waals surface area contributed by atoms with Crippen molar-refractivity contribution >= 4 is 46.6 Å². The number of allylic oxidation sites excluding steroid dienone is 3. The molecule has 2 aliphatic carbocycles. The molecule has 0 unspecified atom stereocenters. The van der Waals surface area contributed by atoms with Gasteiger partial charge in [0.1, 0.15) is 5.38 Å². The number of Topliss-reactive ketones (excluding diaryl/α,β-unsaturated/α-hetero) is 1. The van der Waals surface area contributed by atoms with E-state index < -0.39 is 16.7 Å². The Balaban J connectivity index is 0.000000172. The second kappa shape index (κ2) is 11.0. The second-order valence-electron chi connectivity index (χ2n) is 6.72. The summed E-state index contributed by atoms with van der Waals surface area (Å²) in [5.41, 5.74) is 5.89. The molecule has 0 aromatic heterocycles. The molecule has 0 bridgehead atoms. The Morgan fingerprint density at radius 3 is 2.07 bits per heavy atom. The van der Waals surface area contributed by atoms with Gasteiger partial charge in [-0.1, -0.05) is 66.8 Å². The maximum Gasteiger partial charge on any atom is 0.321 e. The molecular formula is C24H24Cl2O3. The molecular weight excluding hydrogens is 407 g/mol. The molecule has 2 aliphatic rings. The molecule has 4 rings (SSSR count). The zero-order chi connectivity index (χ0) is 21.4. The first kappa shape index (κ1) is 22.9. The third-order valence-corrected chi connectivity index (χ3v) is 4.88. The van der Waals surface area contributed by atoms with Crippen LogP contribution in [0.1, 0.15) is 36.1 Å². The molecule has 1 N–H and O–H groups in total. The van der Waals surface area contributed by atoms with Gasteiger partial charge in [-0.3, -0.25) is 9.59 Å². The van der Waals surface area contributed by atoms with Crippen LogP contribution in [-0.4, -0.2) is 27.6 Å². The first-order chi connectivity index (χ1) is 13.8. The standard InChI is InChI=1S/C12H11ClO.C9H8.C3H5ClO2/c1-8(13)12(14)11-7-6-9-4-2-3-5-10(9)11;1-2-5-9-7-3-6-8(9)4-1;1-2(4)3(5)6/h2-5,7-8H,6H2,1H3;1-6H,7H2;2H,1H3,(H,5,6)/t8-;;2-/m0.0/s1. The third-order valence-electron chi connectivity index (χ3n) is 4.49. The third kappa shape index (κ3) is 6.59. The van der Waals surface area contributed by atoms with E-state index in [0.29, 0.717) is 0 Å². The van der Waals surface area contributed by atoms with Gasteiger partial charge in [-0.15, -0.1) is 23.2 Å². The van der Waals surface area contributed by atoms with Crippen molar-refractivity contribution in [3.8, 4) is 0 Å². The Hall–Kier alpha value is -2.36. The molecule has 0 spiro atoms. The van der Waals surface area contributed by atoms with E-state index in [0.717, 1.165) is 24.0 Å². The number of rotatable bonds is 3. The Bertz CT molecular complexity index is 927. The van der Waals surface area contributed by atoms with E-state index in [2.05, 4.69) is 36.4 Å². The van der Waals surface area contributed by atoms with Crippen LogP contribution in [0.3, 0.4) is 0 Å². The SMILES string of the molecule is C1=Cc2ccccc2C1.C[C@H](Cl)C(=O)C1=CCc2ccccc21.C[C@H](Cl)C(=O)O. The molecule has 0 aliphatic heterocycles. The van der Waals surface area contributed by atoms with Gasteiger partial charge in [-0.05, 0) is 48.9 Å². The average molecular weight is 431 g/mol. The highest BCUT2D eigenvalue weighted by atomic mass is 35.5. The zero-order valence-corrected chi connectivity index (χ0v) is 18.0. The number of carboxylic acid groups (broad SMARTS) is 1. The van der Waals surface area contributed by atoms with E-state index in [9.17, 15) is 9.59 Å². The van der Waals surface area contributed by atoms with Crippen LogP contribution >= 0.6 is 23.2 Å². The molecule has 0 amide bonds. The molecule has 29 heavy (non-hydrogen) atoms. The fourth-order valence-corrected chi connectivity index (χ4v) is 3.04. The molecule has 0 radical (unpaired) electrons. The van der Waals surface area contributed by atoms with E-state index in [1.165, 1.54) is 23.6 Å². The van der Waals surface area contributed by atoms with Gasteiger partial charge in [-0.25, -0.2) is 0 Å². The normalized spacial score (nSPS) is 14.8. The summed E-state index contributed by atoms with van der Waals surface area (Å²) in [7, 11) is 0. The van der Waals surface area contributed by atoms with Crippen molar-refractivity contribution in [3.63, 3.8) is 0 Å². The predicted octanol–water partition coefficient (Wildman–Crippen LogP) is 5.78. The van der Waals surface area contributed by atoms with E-state index in [1.807, 2.05) is 30.3 Å². The predicted molar refractivity (Wildman–Crippen MR) is 121 cm³/mol. The van der Waals surface area contributed by atoms with E-state index in [-0.39, 0.29) is 5.78 Å². The van der Waals surface area contributed by atoms with Gasteiger partial charge in [-0.2, -0.15) is 0 Å². The number of carbonyl (C=O) groups is 2. The Labute approximate surface area is 181 Å². The lowest BCUT2D eigenvalue weighted by molar-refractivity contribution is -0.136. The van der Waals surface area contributed by atoms with Gasteiger partial charge in [0.25, 0.3) is 0 Å². The molecule has 0 saturated carbocycles. The fourth-order valence-electron chi connectivity index (χ4n) is 2.93. The minimum Gasteiger partial charge on any atom is -0.480 e. The van der Waals surface area contributed by atoms with Crippen LogP contribution in [0.5, 0.6) is 0 Å². The lowest BCUT2D eigenvalue weighted by Crippen LogP contribution is -2.11. The number of hydrogen-bond donors (Lipinski definition) is 1. The number of hydrogen-bond acceptors (Lipinski definition) is 2. The minimum atomic E-state index is -0.975. The van der Waals surface area contributed by atoms with Crippen molar-refractivity contribution < 1.29 is 14.7 Å². The number of alkyl halides is 2. The largest absolute Gasteiger partial charge is 0.480 e. The van der Waals surface area contributed by atoms with Crippen molar-refractivity contribution in [1.29, 1.82) is 0 Å². The topological polar surface area (TPSA) is 54.4 Å².